The van der Waals surface area contributed by atoms with Crippen LogP contribution in [0.4, 0.5) is 24.5 Å². The lowest BCUT2D eigenvalue weighted by Gasteiger charge is -2.46. The van der Waals surface area contributed by atoms with Gasteiger partial charge in [0.15, 0.2) is 0 Å². The summed E-state index contributed by atoms with van der Waals surface area (Å²) in [6.07, 6.45) is 7.51. The molecule has 5 atom stereocenters. The largest absolute Gasteiger partial charge is 0.501 e. The van der Waals surface area contributed by atoms with Gasteiger partial charge >= 0.3 is 5.51 Å². The van der Waals surface area contributed by atoms with Crippen molar-refractivity contribution < 1.29 is 63.8 Å². The molecule has 6 aromatic rings. The van der Waals surface area contributed by atoms with Crippen LogP contribution >= 0.6 is 34.7 Å². The first-order valence-corrected chi connectivity index (χ1v) is 42.8. The molecule has 0 unspecified atom stereocenters. The Kier molecular flexibility index (Phi) is 27.6. The van der Waals surface area contributed by atoms with E-state index < -0.39 is 82.3 Å². The first-order chi connectivity index (χ1) is 51.9. The Labute approximate surface area is 651 Å². The van der Waals surface area contributed by atoms with E-state index in [0.717, 1.165) is 115 Å². The number of aromatic nitrogens is 1. The molecule has 5 aliphatic rings. The van der Waals surface area contributed by atoms with Crippen LogP contribution in [-0.2, 0) is 43.8 Å². The molecule has 588 valence electrons. The van der Waals surface area contributed by atoms with Crippen molar-refractivity contribution in [1.29, 1.82) is 0 Å². The molecule has 4 saturated heterocycles. The number of allylic oxidation sites excluding steroid dienone is 1. The van der Waals surface area contributed by atoms with Gasteiger partial charge in [0, 0.05) is 124 Å². The van der Waals surface area contributed by atoms with Crippen molar-refractivity contribution in [2.45, 2.75) is 169 Å². The topological polar surface area (TPSA) is 260 Å². The van der Waals surface area contributed by atoms with Gasteiger partial charge in [-0.1, -0.05) is 105 Å². The highest BCUT2D eigenvalue weighted by Crippen LogP contribution is 2.50. The molecule has 0 radical (unpaired) electrons. The van der Waals surface area contributed by atoms with Gasteiger partial charge in [-0.2, -0.15) is 13.2 Å². The summed E-state index contributed by atoms with van der Waals surface area (Å²) < 4.78 is 105. The number of amides is 5. The molecule has 29 heteroatoms. The van der Waals surface area contributed by atoms with E-state index in [9.17, 15) is 59.1 Å². The Morgan fingerprint density at radius 3 is 2.10 bits per heavy atom. The fraction of sp³-hybridized carbons (Fsp3) is 0.500. The van der Waals surface area contributed by atoms with Crippen LogP contribution < -0.4 is 25.6 Å². The third-order valence-electron chi connectivity index (χ3n) is 21.7. The van der Waals surface area contributed by atoms with E-state index in [1.165, 1.54) is 39.9 Å². The number of nitrogens with one attached hydrogen (secondary N) is 4. The van der Waals surface area contributed by atoms with Gasteiger partial charge < -0.3 is 40.5 Å². The molecular formula is C80H100ClF3N10O11S4. The summed E-state index contributed by atoms with van der Waals surface area (Å²) in [4.78, 5) is 83.5. The fourth-order valence-electron chi connectivity index (χ4n) is 15.3. The average molecular weight is 1600 g/mol. The number of sulfone groups is 1. The third-order valence-corrected chi connectivity index (χ3v) is 27.0. The second-order valence-corrected chi connectivity index (χ2v) is 36.5. The van der Waals surface area contributed by atoms with Gasteiger partial charge in [0.25, 0.3) is 25.8 Å². The molecule has 5 N–H and O–H groups in total. The number of β-amino-alcohol motifs (C(OH)–C–C–N with tert-alkyl or cyclic N) is 1. The summed E-state index contributed by atoms with van der Waals surface area (Å²) in [7, 11) is -11.0. The zero-order valence-corrected chi connectivity index (χ0v) is 66.5. The summed E-state index contributed by atoms with van der Waals surface area (Å²) in [5.74, 6) is -1.66. The summed E-state index contributed by atoms with van der Waals surface area (Å²) >= 11 is 9.39. The zero-order chi connectivity index (χ0) is 77.8. The number of hydrogen-bond acceptors (Lipinski definition) is 18. The summed E-state index contributed by atoms with van der Waals surface area (Å²) in [5, 5.41) is 20.5. The number of aryl methyl sites for hydroxylation is 1. The van der Waals surface area contributed by atoms with Gasteiger partial charge in [-0.15, -0.1) is 23.1 Å². The van der Waals surface area contributed by atoms with Crippen molar-refractivity contribution >= 4 is 101 Å². The van der Waals surface area contributed by atoms with Crippen LogP contribution in [0, 0.1) is 17.8 Å². The van der Waals surface area contributed by atoms with Crippen LogP contribution in [0.3, 0.4) is 0 Å². The minimum absolute atomic E-state index is 0.0248. The number of carbonyl (C=O) groups excluding carboxylic acids is 5. The number of rotatable bonds is 29. The number of aliphatic hydroxyl groups is 1. The summed E-state index contributed by atoms with van der Waals surface area (Å²) in [6.45, 7) is 17.2. The molecule has 4 fully saturated rings. The van der Waals surface area contributed by atoms with Crippen LogP contribution in [0.5, 0.6) is 0 Å². The number of morpholine rings is 1. The molecule has 21 nitrogen and oxygen atoms in total. The molecule has 5 amide bonds. The highest BCUT2D eigenvalue weighted by molar-refractivity contribution is 7.99. The number of ether oxygens (including phenoxy) is 1. The molecule has 1 spiro atoms. The second-order valence-electron chi connectivity index (χ2n) is 30.5. The first-order valence-electron chi connectivity index (χ1n) is 37.6. The smallest absolute Gasteiger partial charge is 0.391 e. The normalized spacial score (nSPS) is 19.2. The molecule has 5 heterocycles. The maximum absolute atomic E-state index is 14.4. The lowest BCUT2D eigenvalue weighted by molar-refractivity contribution is -0.144. The molecule has 4 aliphatic heterocycles. The number of thiazole rings is 1. The number of hydrogen-bond donors (Lipinski definition) is 5. The molecule has 1 aromatic heterocycles. The van der Waals surface area contributed by atoms with Gasteiger partial charge in [0.1, 0.15) is 17.0 Å². The monoisotopic (exact) mass is 1600 g/mol. The Balaban J connectivity index is 0.631. The lowest BCUT2D eigenvalue weighted by Crippen LogP contribution is -2.57. The molecule has 1 aliphatic carbocycles. The van der Waals surface area contributed by atoms with E-state index in [1.54, 1.807) is 23.5 Å². The van der Waals surface area contributed by atoms with Crippen molar-refractivity contribution in [3.8, 4) is 10.4 Å². The molecule has 0 bridgehead atoms. The fourth-order valence-corrected chi connectivity index (χ4v) is 19.2. The lowest BCUT2D eigenvalue weighted by atomic mass is 9.65. The van der Waals surface area contributed by atoms with Gasteiger partial charge in [0.05, 0.1) is 52.0 Å². The molecular weight excluding hydrogens is 1500 g/mol. The van der Waals surface area contributed by atoms with E-state index in [-0.39, 0.29) is 54.1 Å². The number of aliphatic hydroxyl groups excluding tert-OH is 1. The number of piperidine rings is 1. The van der Waals surface area contributed by atoms with E-state index >= 15 is 0 Å². The van der Waals surface area contributed by atoms with Crippen LogP contribution in [0.2, 0.25) is 5.02 Å². The van der Waals surface area contributed by atoms with Crippen molar-refractivity contribution in [2.75, 3.05) is 101 Å². The number of sulfonamides is 1. The van der Waals surface area contributed by atoms with Crippen LogP contribution in [0.1, 0.15) is 144 Å². The van der Waals surface area contributed by atoms with Crippen LogP contribution in [0.25, 0.3) is 16.0 Å². The van der Waals surface area contributed by atoms with Gasteiger partial charge in [0.2, 0.25) is 23.6 Å². The summed E-state index contributed by atoms with van der Waals surface area (Å²) in [6, 6.07) is 31.2. The van der Waals surface area contributed by atoms with Crippen molar-refractivity contribution in [3.63, 3.8) is 0 Å². The minimum atomic E-state index is -6.11. The number of benzene rings is 5. The number of piperazine rings is 1. The molecule has 109 heavy (non-hydrogen) atoms. The Hall–Kier alpha value is -7.41. The van der Waals surface area contributed by atoms with Crippen LogP contribution in [-0.4, -0.2) is 197 Å². The minimum Gasteiger partial charge on any atom is -0.391 e. The number of halogens is 4. The summed E-state index contributed by atoms with van der Waals surface area (Å²) in [5.41, 5.74) is 2.39. The Bertz CT molecular complexity index is 4410. The Morgan fingerprint density at radius 1 is 0.780 bits per heavy atom. The number of likely N-dealkylation sites (tertiary alicyclic amines) is 2. The molecule has 5 aromatic carbocycles. The van der Waals surface area contributed by atoms with E-state index in [2.05, 4.69) is 47.8 Å². The predicted molar refractivity (Wildman–Crippen MR) is 420 cm³/mol. The zero-order valence-electron chi connectivity index (χ0n) is 62.5. The van der Waals surface area contributed by atoms with E-state index in [1.807, 2.05) is 116 Å². The Morgan fingerprint density at radius 2 is 1.45 bits per heavy atom. The van der Waals surface area contributed by atoms with Gasteiger partial charge in [-0.3, -0.25) is 33.8 Å². The SMILES string of the molecule is Cc1ncsc1-c1ccc([C@H](C)NC(=O)[C@@H]2C[C@@H](O)CN2C(=O)[C@@H](NC(=O)CCCCCCC(=O)N2CCC3(CCC(c4ccc(Cl)cc4)=C(CN4CCN(c5ccc(C(=O)NS(=O)(=O)c6ccc(N[C@H](CCN7CCOCC7)CSc7ccccc7)c(S(=O)(=O)C(F)(F)F)c6)cc5)CC4)C3)CC2)C(C)(C)C)cc1. The maximum Gasteiger partial charge on any atom is 0.501 e. The number of anilines is 2. The first kappa shape index (κ1) is 82.5. The molecule has 11 rings (SSSR count). The van der Waals surface area contributed by atoms with Crippen molar-refractivity contribution in [1.82, 2.24) is 39.9 Å². The van der Waals surface area contributed by atoms with Gasteiger partial charge in [-0.25, -0.2) is 26.5 Å². The van der Waals surface area contributed by atoms with Crippen molar-refractivity contribution in [2.24, 2.45) is 10.8 Å². The number of carbonyl (C=O) groups is 5. The maximum atomic E-state index is 14.4. The third kappa shape index (κ3) is 21.4. The van der Waals surface area contributed by atoms with E-state index in [4.69, 9.17) is 16.3 Å². The average Bonchev–Trinajstić information content (AvgIpc) is 1.26. The number of nitrogens with zero attached hydrogens (tertiary/aromatic N) is 6. The highest BCUT2D eigenvalue weighted by Gasteiger charge is 2.49. The molecule has 0 saturated carbocycles. The number of thioether (sulfide) groups is 1. The quantitative estimate of drug-likeness (QED) is 0.0216. The van der Waals surface area contributed by atoms with Crippen LogP contribution in [0.15, 0.2) is 147 Å². The van der Waals surface area contributed by atoms with E-state index in [0.29, 0.717) is 102 Å². The number of alkyl halides is 3. The van der Waals surface area contributed by atoms with Crippen molar-refractivity contribution in [3.05, 3.63) is 160 Å². The number of unbranched alkanes of at least 4 members (excludes halogenated alkanes) is 3. The highest BCUT2D eigenvalue weighted by atomic mass is 35.5. The predicted octanol–water partition coefficient (Wildman–Crippen LogP) is 12.6. The van der Waals surface area contributed by atoms with Gasteiger partial charge in [-0.05, 0) is 165 Å². The standard InChI is InChI=1S/C80H100ClF3N10O11S4/c1-54(56-17-19-58(20-18-56)73-55(2)85-53-107-73)86-76(99)69-47-64(95)51-94(69)77(100)74(78(3,4)5)88-71(96)15-11-6-7-12-16-72(97)93-37-34-79(35-38-93)33-31-67(57-21-25-61(81)26-22-57)60(49-79)50-91-39-41-92(42-40-91)63-27-23-59(24-28-63)75(98)89-109(103,104)66-29-30-68(70(48-66)108(101,102)80(82,83)84)87-62(32-36-90-43-45-105-46-44-90)52-106-65-13-9-8-10-14-65/h8-10,13-14,17-30,48,53-54,62,64,69,74,87,95H,6-7,11-12,15-16,31-47,49-52H2,1-5H3,(H,86,99)(H,88,96)(H,89,98)/t54-,62+,64+,69-,74+/m0/s1. The second kappa shape index (κ2) is 36.4.